The molecule has 1 unspecified atom stereocenters. The second-order valence-corrected chi connectivity index (χ2v) is 3.92. The van der Waals surface area contributed by atoms with E-state index in [1.54, 1.807) is 0 Å². The van der Waals surface area contributed by atoms with Crippen molar-refractivity contribution in [1.29, 1.82) is 5.26 Å². The number of benzene rings is 1. The number of nitrogens with zero attached hydrogens (tertiary/aromatic N) is 2. The normalized spacial score (nSPS) is 11.6. The average Bonchev–Trinajstić information content (AvgIpc) is 2.39. The fourth-order valence-corrected chi connectivity index (χ4v) is 1.54. The van der Waals surface area contributed by atoms with E-state index in [9.17, 15) is 15.2 Å². The van der Waals surface area contributed by atoms with Crippen LogP contribution in [-0.2, 0) is 4.74 Å². The van der Waals surface area contributed by atoms with Crippen molar-refractivity contribution in [2.45, 2.75) is 12.5 Å². The first-order valence-corrected chi connectivity index (χ1v) is 5.68. The largest absolute Gasteiger partial charge is 0.391 e. The molecule has 102 valence electrons. The molecule has 0 amide bonds. The fourth-order valence-electron chi connectivity index (χ4n) is 1.54. The van der Waals surface area contributed by atoms with Gasteiger partial charge < -0.3 is 15.2 Å². The van der Waals surface area contributed by atoms with Gasteiger partial charge in [0.2, 0.25) is 0 Å². The molecular formula is C12H15N3O4. The van der Waals surface area contributed by atoms with Gasteiger partial charge in [0.25, 0.3) is 5.69 Å². The molecule has 1 rings (SSSR count). The summed E-state index contributed by atoms with van der Waals surface area (Å²) in [5.74, 6) is 0. The number of hydrogen-bond donors (Lipinski definition) is 2. The summed E-state index contributed by atoms with van der Waals surface area (Å²) in [4.78, 5) is 10.0. The lowest BCUT2D eigenvalue weighted by Crippen LogP contribution is -2.18. The van der Waals surface area contributed by atoms with Gasteiger partial charge in [0.1, 0.15) is 6.07 Å². The number of aliphatic hydroxyl groups excluding tert-OH is 1. The van der Waals surface area contributed by atoms with Crippen LogP contribution in [0.3, 0.4) is 0 Å². The zero-order valence-corrected chi connectivity index (χ0v) is 10.5. The first-order valence-electron chi connectivity index (χ1n) is 5.68. The number of nitrogens with one attached hydrogen (secondary N) is 1. The van der Waals surface area contributed by atoms with Crippen LogP contribution in [0.2, 0.25) is 0 Å². The Morgan fingerprint density at radius 1 is 1.63 bits per heavy atom. The molecule has 0 saturated heterocycles. The van der Waals surface area contributed by atoms with Crippen molar-refractivity contribution in [2.75, 3.05) is 25.6 Å². The summed E-state index contributed by atoms with van der Waals surface area (Å²) in [6.45, 7) is 0.685. The van der Waals surface area contributed by atoms with Crippen LogP contribution in [0.5, 0.6) is 0 Å². The minimum absolute atomic E-state index is 0.124. The molecule has 0 radical (unpaired) electrons. The van der Waals surface area contributed by atoms with E-state index in [0.717, 1.165) is 0 Å². The summed E-state index contributed by atoms with van der Waals surface area (Å²) >= 11 is 0. The zero-order chi connectivity index (χ0) is 14.3. The highest BCUT2D eigenvalue weighted by Crippen LogP contribution is 2.21. The predicted molar refractivity (Wildman–Crippen MR) is 68.8 cm³/mol. The zero-order valence-electron chi connectivity index (χ0n) is 10.5. The van der Waals surface area contributed by atoms with Crippen molar-refractivity contribution in [3.63, 3.8) is 0 Å². The summed E-state index contributed by atoms with van der Waals surface area (Å²) < 4.78 is 4.79. The smallest absolute Gasteiger partial charge is 0.270 e. The number of nitriles is 1. The van der Waals surface area contributed by atoms with Crippen LogP contribution in [0.25, 0.3) is 0 Å². The molecule has 2 N–H and O–H groups in total. The number of hydrogen-bond acceptors (Lipinski definition) is 6. The van der Waals surface area contributed by atoms with Gasteiger partial charge in [-0.15, -0.1) is 0 Å². The van der Waals surface area contributed by atoms with Crippen LogP contribution >= 0.6 is 0 Å². The van der Waals surface area contributed by atoms with Crippen molar-refractivity contribution >= 4 is 11.4 Å². The monoisotopic (exact) mass is 265 g/mol. The van der Waals surface area contributed by atoms with E-state index in [-0.39, 0.29) is 17.9 Å². The Morgan fingerprint density at radius 2 is 2.37 bits per heavy atom. The maximum atomic E-state index is 10.6. The van der Waals surface area contributed by atoms with E-state index in [4.69, 9.17) is 10.00 Å². The minimum Gasteiger partial charge on any atom is -0.391 e. The third-order valence-corrected chi connectivity index (χ3v) is 2.49. The van der Waals surface area contributed by atoms with Crippen LogP contribution < -0.4 is 5.32 Å². The molecule has 0 aliphatic carbocycles. The first-order chi connectivity index (χ1) is 9.08. The third-order valence-electron chi connectivity index (χ3n) is 2.49. The number of rotatable bonds is 7. The fraction of sp³-hybridized carbons (Fsp3) is 0.417. The molecule has 0 bridgehead atoms. The molecule has 0 heterocycles. The van der Waals surface area contributed by atoms with Crippen molar-refractivity contribution in [3.8, 4) is 6.07 Å². The van der Waals surface area contributed by atoms with E-state index >= 15 is 0 Å². The quantitative estimate of drug-likeness (QED) is 0.567. The molecule has 1 aromatic carbocycles. The highest BCUT2D eigenvalue weighted by Gasteiger charge is 2.10. The van der Waals surface area contributed by atoms with E-state index in [2.05, 4.69) is 5.32 Å². The molecule has 0 aliphatic heterocycles. The molecule has 7 heteroatoms. The van der Waals surface area contributed by atoms with Crippen molar-refractivity contribution in [2.24, 2.45) is 0 Å². The van der Waals surface area contributed by atoms with Crippen LogP contribution in [0.1, 0.15) is 12.0 Å². The molecule has 7 nitrogen and oxygen atoms in total. The number of aliphatic hydroxyl groups is 1. The Morgan fingerprint density at radius 3 is 2.95 bits per heavy atom. The Hall–Kier alpha value is -2.17. The molecule has 1 aromatic rings. The maximum absolute atomic E-state index is 10.6. The predicted octanol–water partition coefficient (Wildman–Crippen LogP) is 1.28. The number of nitro benzene ring substituents is 1. The lowest BCUT2D eigenvalue weighted by atomic mass is 10.1. The van der Waals surface area contributed by atoms with Crippen molar-refractivity contribution < 1.29 is 14.8 Å². The van der Waals surface area contributed by atoms with Gasteiger partial charge in [-0.3, -0.25) is 10.1 Å². The number of nitro groups is 1. The van der Waals surface area contributed by atoms with Gasteiger partial charge in [-0.25, -0.2) is 0 Å². The maximum Gasteiger partial charge on any atom is 0.270 e. The Bertz CT molecular complexity index is 484. The third kappa shape index (κ3) is 4.54. The first kappa shape index (κ1) is 14.9. The molecule has 0 aliphatic rings. The summed E-state index contributed by atoms with van der Waals surface area (Å²) in [5, 5.41) is 31.9. The molecule has 1 atom stereocenters. The lowest BCUT2D eigenvalue weighted by Gasteiger charge is -2.11. The van der Waals surface area contributed by atoms with Crippen molar-refractivity contribution in [1.82, 2.24) is 0 Å². The number of non-ortho nitro benzene ring substituents is 1. The highest BCUT2D eigenvalue weighted by molar-refractivity contribution is 5.61. The van der Waals surface area contributed by atoms with Gasteiger partial charge in [-0.1, -0.05) is 0 Å². The molecule has 0 spiro atoms. The lowest BCUT2D eigenvalue weighted by molar-refractivity contribution is -0.384. The van der Waals surface area contributed by atoms with Gasteiger partial charge in [0, 0.05) is 25.8 Å². The van der Waals surface area contributed by atoms with Crippen LogP contribution in [-0.4, -0.2) is 36.4 Å². The van der Waals surface area contributed by atoms with Crippen LogP contribution in [0.4, 0.5) is 11.4 Å². The van der Waals surface area contributed by atoms with E-state index in [1.165, 1.54) is 25.3 Å². The minimum atomic E-state index is -0.582. The molecular weight excluding hydrogens is 250 g/mol. The standard InChI is InChI=1S/C12H15N3O4/c1-19-8-11(16)4-5-14-12-3-2-10(15(17)18)6-9(12)7-13/h2-3,6,11,14,16H,4-5,8H2,1H3. The van der Waals surface area contributed by atoms with Gasteiger partial charge in [0.05, 0.1) is 28.9 Å². The average molecular weight is 265 g/mol. The highest BCUT2D eigenvalue weighted by atomic mass is 16.6. The van der Waals surface area contributed by atoms with Crippen molar-refractivity contribution in [3.05, 3.63) is 33.9 Å². The van der Waals surface area contributed by atoms with Gasteiger partial charge >= 0.3 is 0 Å². The number of anilines is 1. The summed E-state index contributed by atoms with van der Waals surface area (Å²) in [6.07, 6.45) is -0.128. The second kappa shape index (κ2) is 7.31. The van der Waals surface area contributed by atoms with Crippen LogP contribution in [0.15, 0.2) is 18.2 Å². The molecule has 0 aromatic heterocycles. The SMILES string of the molecule is COCC(O)CCNc1ccc([N+](=O)[O-])cc1C#N. The summed E-state index contributed by atoms with van der Waals surface area (Å²) in [6, 6.07) is 5.93. The molecule has 19 heavy (non-hydrogen) atoms. The van der Waals surface area contributed by atoms with E-state index < -0.39 is 11.0 Å². The Balaban J connectivity index is 2.64. The van der Waals surface area contributed by atoms with Gasteiger partial charge in [-0.05, 0) is 12.5 Å². The summed E-state index contributed by atoms with van der Waals surface area (Å²) in [5.41, 5.74) is 0.592. The van der Waals surface area contributed by atoms with Gasteiger partial charge in [0.15, 0.2) is 0 Å². The second-order valence-electron chi connectivity index (χ2n) is 3.92. The van der Waals surface area contributed by atoms with Gasteiger partial charge in [-0.2, -0.15) is 5.26 Å². The summed E-state index contributed by atoms with van der Waals surface area (Å²) in [7, 11) is 1.50. The molecule has 0 fully saturated rings. The van der Waals surface area contributed by atoms with E-state index in [0.29, 0.717) is 18.7 Å². The number of ether oxygens (including phenoxy) is 1. The van der Waals surface area contributed by atoms with E-state index in [1.807, 2.05) is 6.07 Å². The Labute approximate surface area is 110 Å². The molecule has 0 saturated carbocycles. The topological polar surface area (TPSA) is 108 Å². The van der Waals surface area contributed by atoms with Crippen LogP contribution in [0, 0.1) is 21.4 Å². The Kier molecular flexibility index (Phi) is 5.73. The number of methoxy groups -OCH3 is 1.